The second-order valence-corrected chi connectivity index (χ2v) is 6.38. The Morgan fingerprint density at radius 1 is 1.14 bits per heavy atom. The van der Waals surface area contributed by atoms with Crippen molar-refractivity contribution in [3.05, 3.63) is 82.9 Å². The van der Waals surface area contributed by atoms with Crippen molar-refractivity contribution < 1.29 is 22.8 Å². The number of amides is 1. The van der Waals surface area contributed by atoms with Gasteiger partial charge in [0.1, 0.15) is 7.11 Å². The lowest BCUT2D eigenvalue weighted by molar-refractivity contribution is -0.137. The van der Waals surface area contributed by atoms with Crippen LogP contribution in [0.25, 0.3) is 5.57 Å². The summed E-state index contributed by atoms with van der Waals surface area (Å²) in [5.41, 5.74) is 1.57. The van der Waals surface area contributed by atoms with Gasteiger partial charge < -0.3 is 10.2 Å². The second kappa shape index (κ2) is 8.77. The summed E-state index contributed by atoms with van der Waals surface area (Å²) >= 11 is 0. The molecule has 1 N–H and O–H groups in total. The number of halogens is 3. The van der Waals surface area contributed by atoms with E-state index in [1.54, 1.807) is 24.4 Å². The highest BCUT2D eigenvalue weighted by atomic mass is 19.4. The first-order chi connectivity index (χ1) is 13.9. The summed E-state index contributed by atoms with van der Waals surface area (Å²) < 4.78 is 39.7. The van der Waals surface area contributed by atoms with Crippen molar-refractivity contribution in [2.75, 3.05) is 12.4 Å². The summed E-state index contributed by atoms with van der Waals surface area (Å²) in [6, 6.07) is 11.7. The molecule has 0 aromatic heterocycles. The second-order valence-electron chi connectivity index (χ2n) is 6.38. The van der Waals surface area contributed by atoms with Crippen LogP contribution in [-0.4, -0.2) is 19.2 Å². The van der Waals surface area contributed by atoms with Gasteiger partial charge in [-0.3, -0.25) is 4.79 Å². The minimum absolute atomic E-state index is 0.420. The Bertz CT molecular complexity index is 992. The predicted molar refractivity (Wildman–Crippen MR) is 107 cm³/mol. The summed E-state index contributed by atoms with van der Waals surface area (Å²) in [5, 5.41) is 6.40. The van der Waals surface area contributed by atoms with Crippen LogP contribution in [0, 0.1) is 0 Å². The minimum Gasteiger partial charge on any atom is -0.399 e. The number of hydrogen-bond donors (Lipinski definition) is 1. The number of alkyl halides is 3. The molecule has 0 spiro atoms. The molecule has 29 heavy (non-hydrogen) atoms. The van der Waals surface area contributed by atoms with E-state index in [1.165, 1.54) is 25.3 Å². The lowest BCUT2D eigenvalue weighted by atomic mass is 9.94. The number of carbonyl (C=O) groups is 1. The van der Waals surface area contributed by atoms with Gasteiger partial charge in [0.05, 0.1) is 17.3 Å². The molecule has 0 unspecified atom stereocenters. The highest BCUT2D eigenvalue weighted by Crippen LogP contribution is 2.33. The van der Waals surface area contributed by atoms with Gasteiger partial charge in [0.25, 0.3) is 5.91 Å². The number of carbonyl (C=O) groups excluding carboxylic acids is 1. The zero-order valence-electron chi connectivity index (χ0n) is 15.7. The average Bonchev–Trinajstić information content (AvgIpc) is 2.72. The standard InChI is InChI=1S/C22H19F3N2O2/c1-29-26-14-15-7-6-8-16(13-15)17-9-3-5-12-20(17)27-21(28)18-10-2-4-11-19(18)22(23,24)25/h2-5,8-14H,6-7H2,1H3,(H,27,28)/b26-14+. The Kier molecular flexibility index (Phi) is 6.16. The molecule has 0 heterocycles. The van der Waals surface area contributed by atoms with Crippen LogP contribution >= 0.6 is 0 Å². The average molecular weight is 400 g/mol. The number of rotatable bonds is 5. The van der Waals surface area contributed by atoms with Crippen molar-refractivity contribution in [1.82, 2.24) is 0 Å². The fourth-order valence-electron chi connectivity index (χ4n) is 3.10. The molecule has 2 aromatic carbocycles. The van der Waals surface area contributed by atoms with Crippen molar-refractivity contribution in [1.29, 1.82) is 0 Å². The smallest absolute Gasteiger partial charge is 0.399 e. The minimum atomic E-state index is -4.61. The first-order valence-electron chi connectivity index (χ1n) is 8.94. The van der Waals surface area contributed by atoms with Crippen molar-refractivity contribution in [3.8, 4) is 0 Å². The lowest BCUT2D eigenvalue weighted by Crippen LogP contribution is -2.19. The summed E-state index contributed by atoms with van der Waals surface area (Å²) in [5.74, 6) is -0.813. The van der Waals surface area contributed by atoms with E-state index < -0.39 is 23.2 Å². The maximum Gasteiger partial charge on any atom is 0.417 e. The Hall–Kier alpha value is -3.35. The van der Waals surface area contributed by atoms with Gasteiger partial charge in [0.2, 0.25) is 0 Å². The Morgan fingerprint density at radius 3 is 2.62 bits per heavy atom. The molecule has 2 aromatic rings. The largest absolute Gasteiger partial charge is 0.417 e. The molecule has 150 valence electrons. The van der Waals surface area contributed by atoms with Crippen LogP contribution in [-0.2, 0) is 11.0 Å². The van der Waals surface area contributed by atoms with E-state index in [2.05, 4.69) is 10.5 Å². The van der Waals surface area contributed by atoms with Gasteiger partial charge in [-0.15, -0.1) is 0 Å². The lowest BCUT2D eigenvalue weighted by Gasteiger charge is -2.17. The summed E-state index contributed by atoms with van der Waals surface area (Å²) in [4.78, 5) is 17.3. The van der Waals surface area contributed by atoms with E-state index in [1.807, 2.05) is 18.2 Å². The van der Waals surface area contributed by atoms with E-state index in [0.717, 1.165) is 30.1 Å². The van der Waals surface area contributed by atoms with Gasteiger partial charge in [-0.05, 0) is 48.3 Å². The van der Waals surface area contributed by atoms with E-state index in [9.17, 15) is 18.0 Å². The van der Waals surface area contributed by atoms with Crippen molar-refractivity contribution >= 4 is 23.4 Å². The summed E-state index contributed by atoms with van der Waals surface area (Å²) in [7, 11) is 1.46. The third-order valence-electron chi connectivity index (χ3n) is 4.43. The first kappa shape index (κ1) is 20.4. The van der Waals surface area contributed by atoms with Gasteiger partial charge in [-0.1, -0.05) is 41.6 Å². The quantitative estimate of drug-likeness (QED) is 0.518. The molecule has 0 saturated heterocycles. The number of allylic oxidation sites excluding steroid dienone is 4. The van der Waals surface area contributed by atoms with Gasteiger partial charge >= 0.3 is 6.18 Å². The van der Waals surface area contributed by atoms with Gasteiger partial charge in [-0.25, -0.2) is 0 Å². The number of nitrogens with one attached hydrogen (secondary N) is 1. The van der Waals surface area contributed by atoms with E-state index in [-0.39, 0.29) is 0 Å². The number of benzene rings is 2. The van der Waals surface area contributed by atoms with Crippen LogP contribution in [0.1, 0.15) is 34.3 Å². The molecule has 0 bridgehead atoms. The highest BCUT2D eigenvalue weighted by Gasteiger charge is 2.34. The number of oxime groups is 1. The maximum absolute atomic E-state index is 13.2. The fraction of sp³-hybridized carbons (Fsp3) is 0.182. The van der Waals surface area contributed by atoms with Crippen LogP contribution in [0.2, 0.25) is 0 Å². The molecule has 7 heteroatoms. The highest BCUT2D eigenvalue weighted by molar-refractivity contribution is 6.07. The van der Waals surface area contributed by atoms with E-state index in [0.29, 0.717) is 11.3 Å². The topological polar surface area (TPSA) is 50.7 Å². The molecule has 1 aliphatic carbocycles. The van der Waals surface area contributed by atoms with Crippen molar-refractivity contribution in [2.45, 2.75) is 19.0 Å². The summed E-state index contributed by atoms with van der Waals surface area (Å²) in [6.45, 7) is 0. The Morgan fingerprint density at radius 2 is 1.86 bits per heavy atom. The SMILES string of the molecule is CO/N=C/C1=CC(c2ccccc2NC(=O)c2ccccc2C(F)(F)F)=CCC1. The van der Waals surface area contributed by atoms with Crippen LogP contribution in [0.3, 0.4) is 0 Å². The van der Waals surface area contributed by atoms with Crippen LogP contribution in [0.4, 0.5) is 18.9 Å². The molecular formula is C22H19F3N2O2. The molecule has 3 rings (SSSR count). The monoisotopic (exact) mass is 400 g/mol. The molecule has 0 radical (unpaired) electrons. The molecule has 0 saturated carbocycles. The van der Waals surface area contributed by atoms with Crippen LogP contribution in [0.5, 0.6) is 0 Å². The third-order valence-corrected chi connectivity index (χ3v) is 4.43. The zero-order valence-corrected chi connectivity index (χ0v) is 15.7. The fourth-order valence-corrected chi connectivity index (χ4v) is 3.10. The Labute approximate surface area is 166 Å². The first-order valence-corrected chi connectivity index (χ1v) is 8.94. The van der Waals surface area contributed by atoms with Gasteiger partial charge in [0.15, 0.2) is 0 Å². The molecule has 0 atom stereocenters. The van der Waals surface area contributed by atoms with E-state index in [4.69, 9.17) is 4.84 Å². The van der Waals surface area contributed by atoms with Gasteiger partial charge in [-0.2, -0.15) is 13.2 Å². The number of para-hydroxylation sites is 1. The molecule has 1 aliphatic rings. The van der Waals surface area contributed by atoms with Crippen LogP contribution in [0.15, 0.2) is 71.4 Å². The van der Waals surface area contributed by atoms with Crippen LogP contribution < -0.4 is 5.32 Å². The van der Waals surface area contributed by atoms with E-state index >= 15 is 0 Å². The van der Waals surface area contributed by atoms with Crippen molar-refractivity contribution in [2.24, 2.45) is 5.16 Å². The third kappa shape index (κ3) is 4.93. The summed E-state index contributed by atoms with van der Waals surface area (Å²) in [6.07, 6.45) is 2.50. The molecule has 0 fully saturated rings. The maximum atomic E-state index is 13.2. The predicted octanol–water partition coefficient (Wildman–Crippen LogP) is 5.69. The molecule has 4 nitrogen and oxygen atoms in total. The van der Waals surface area contributed by atoms with Gasteiger partial charge in [0, 0.05) is 11.3 Å². The molecule has 0 aliphatic heterocycles. The number of hydrogen-bond acceptors (Lipinski definition) is 3. The molecule has 1 amide bonds. The normalized spacial score (nSPS) is 14.3. The van der Waals surface area contributed by atoms with Crippen molar-refractivity contribution in [3.63, 3.8) is 0 Å². The number of anilines is 1. The number of nitrogens with zero attached hydrogens (tertiary/aromatic N) is 1. The molecular weight excluding hydrogens is 381 g/mol. The zero-order chi connectivity index (χ0) is 20.9. The Balaban J connectivity index is 1.92.